The lowest BCUT2D eigenvalue weighted by Crippen LogP contribution is -2.02. The van der Waals surface area contributed by atoms with Crippen LogP contribution < -0.4 is 4.74 Å². The quantitative estimate of drug-likeness (QED) is 0.758. The fourth-order valence-electron chi connectivity index (χ4n) is 2.16. The van der Waals surface area contributed by atoms with Crippen molar-refractivity contribution in [3.8, 4) is 5.75 Å². The highest BCUT2D eigenvalue weighted by molar-refractivity contribution is 5.95. The summed E-state index contributed by atoms with van der Waals surface area (Å²) in [5.41, 5.74) is 2.62. The Bertz CT molecular complexity index is 602. The van der Waals surface area contributed by atoms with Crippen LogP contribution in [-0.2, 0) is 6.54 Å². The molecule has 0 bridgehead atoms. The lowest BCUT2D eigenvalue weighted by atomic mass is 10.1. The predicted molar refractivity (Wildman–Crippen MR) is 78.3 cm³/mol. The molecule has 20 heavy (non-hydrogen) atoms. The monoisotopic (exact) mass is 272 g/mol. The Morgan fingerprint density at radius 3 is 2.90 bits per heavy atom. The summed E-state index contributed by atoms with van der Waals surface area (Å²) in [4.78, 5) is 16.3. The van der Waals surface area contributed by atoms with Gasteiger partial charge in [0.25, 0.3) is 0 Å². The molecule has 0 spiro atoms. The first-order valence-corrected chi connectivity index (χ1v) is 6.83. The van der Waals surface area contributed by atoms with Crippen molar-refractivity contribution in [3.05, 3.63) is 47.5 Å². The molecule has 2 aromatic rings. The zero-order chi connectivity index (χ0) is 14.5. The molecule has 0 amide bonds. The first kappa shape index (κ1) is 14.3. The first-order chi connectivity index (χ1) is 9.62. The normalized spacial score (nSPS) is 10.6. The minimum absolute atomic E-state index is 0.195. The van der Waals surface area contributed by atoms with E-state index >= 15 is 0 Å². The maximum atomic E-state index is 11.8. The van der Waals surface area contributed by atoms with Gasteiger partial charge in [-0.05, 0) is 19.4 Å². The van der Waals surface area contributed by atoms with Crippen LogP contribution >= 0.6 is 0 Å². The molecule has 4 heteroatoms. The SMILES string of the molecule is CCCC(=O)c1ccn(Cc2cc(OC)cc(C)n2)c1. The summed E-state index contributed by atoms with van der Waals surface area (Å²) in [6.07, 6.45) is 5.27. The van der Waals surface area contributed by atoms with E-state index in [4.69, 9.17) is 4.74 Å². The number of ketones is 1. The second-order valence-electron chi connectivity index (χ2n) is 4.89. The molecule has 0 aliphatic carbocycles. The number of rotatable bonds is 6. The van der Waals surface area contributed by atoms with E-state index < -0.39 is 0 Å². The van der Waals surface area contributed by atoms with E-state index in [1.54, 1.807) is 7.11 Å². The maximum Gasteiger partial charge on any atom is 0.164 e. The van der Waals surface area contributed by atoms with Crippen molar-refractivity contribution in [2.45, 2.75) is 33.2 Å². The number of carbonyl (C=O) groups excluding carboxylic acids is 1. The second-order valence-corrected chi connectivity index (χ2v) is 4.89. The van der Waals surface area contributed by atoms with Crippen molar-refractivity contribution in [1.29, 1.82) is 0 Å². The van der Waals surface area contributed by atoms with Gasteiger partial charge < -0.3 is 9.30 Å². The summed E-state index contributed by atoms with van der Waals surface area (Å²) in [7, 11) is 1.65. The Labute approximate surface area is 119 Å². The van der Waals surface area contributed by atoms with E-state index in [1.165, 1.54) is 0 Å². The zero-order valence-corrected chi connectivity index (χ0v) is 12.2. The molecule has 0 aromatic carbocycles. The molecule has 0 radical (unpaired) electrons. The van der Waals surface area contributed by atoms with Crippen molar-refractivity contribution >= 4 is 5.78 Å². The Hall–Kier alpha value is -2.10. The average Bonchev–Trinajstić information content (AvgIpc) is 2.87. The summed E-state index contributed by atoms with van der Waals surface area (Å²) in [5, 5.41) is 0. The highest BCUT2D eigenvalue weighted by Gasteiger charge is 2.07. The molecule has 0 unspecified atom stereocenters. The van der Waals surface area contributed by atoms with Gasteiger partial charge in [0.2, 0.25) is 0 Å². The number of pyridine rings is 1. The van der Waals surface area contributed by atoms with Crippen LogP contribution in [-0.4, -0.2) is 22.4 Å². The Morgan fingerprint density at radius 2 is 2.20 bits per heavy atom. The number of hydrogen-bond donors (Lipinski definition) is 0. The molecular formula is C16H20N2O2. The fraction of sp³-hybridized carbons (Fsp3) is 0.375. The van der Waals surface area contributed by atoms with Gasteiger partial charge in [0.05, 0.1) is 19.3 Å². The third-order valence-electron chi connectivity index (χ3n) is 3.11. The van der Waals surface area contributed by atoms with Crippen molar-refractivity contribution in [2.24, 2.45) is 0 Å². The van der Waals surface area contributed by atoms with E-state index in [1.807, 2.05) is 49.0 Å². The Balaban J connectivity index is 2.14. The van der Waals surface area contributed by atoms with E-state index in [9.17, 15) is 4.79 Å². The predicted octanol–water partition coefficient (Wildman–Crippen LogP) is 3.23. The van der Waals surface area contributed by atoms with Gasteiger partial charge in [0.15, 0.2) is 5.78 Å². The topological polar surface area (TPSA) is 44.1 Å². The van der Waals surface area contributed by atoms with Crippen LogP contribution in [0.25, 0.3) is 0 Å². The summed E-state index contributed by atoms with van der Waals surface area (Å²) in [6.45, 7) is 4.59. The third-order valence-corrected chi connectivity index (χ3v) is 3.11. The third kappa shape index (κ3) is 3.47. The van der Waals surface area contributed by atoms with Gasteiger partial charge >= 0.3 is 0 Å². The number of aromatic nitrogens is 2. The largest absolute Gasteiger partial charge is 0.497 e. The fourth-order valence-corrected chi connectivity index (χ4v) is 2.16. The molecule has 0 aliphatic heterocycles. The van der Waals surface area contributed by atoms with Gasteiger partial charge in [-0.1, -0.05) is 6.92 Å². The van der Waals surface area contributed by atoms with Gasteiger partial charge in [-0.3, -0.25) is 9.78 Å². The highest BCUT2D eigenvalue weighted by atomic mass is 16.5. The molecule has 2 aromatic heterocycles. The first-order valence-electron chi connectivity index (χ1n) is 6.83. The Morgan fingerprint density at radius 1 is 1.40 bits per heavy atom. The summed E-state index contributed by atoms with van der Waals surface area (Å²) in [5.74, 6) is 1.00. The zero-order valence-electron chi connectivity index (χ0n) is 12.2. The Kier molecular flexibility index (Phi) is 4.56. The van der Waals surface area contributed by atoms with Crippen LogP contribution in [0.2, 0.25) is 0 Å². The molecule has 4 nitrogen and oxygen atoms in total. The number of ether oxygens (including phenoxy) is 1. The van der Waals surface area contributed by atoms with Crippen LogP contribution in [0, 0.1) is 6.92 Å². The minimum atomic E-state index is 0.195. The number of carbonyl (C=O) groups is 1. The number of methoxy groups -OCH3 is 1. The van der Waals surface area contributed by atoms with Gasteiger partial charge in [-0.15, -0.1) is 0 Å². The van der Waals surface area contributed by atoms with Crippen molar-refractivity contribution < 1.29 is 9.53 Å². The van der Waals surface area contributed by atoms with Crippen molar-refractivity contribution in [1.82, 2.24) is 9.55 Å². The standard InChI is InChI=1S/C16H20N2O2/c1-4-5-16(19)13-6-7-18(10-13)11-14-9-15(20-3)8-12(2)17-14/h6-10H,4-5,11H2,1-3H3. The molecule has 2 heterocycles. The van der Waals surface area contributed by atoms with Gasteiger partial charge in [-0.25, -0.2) is 0 Å². The number of Topliss-reactive ketones (excluding diaryl/α,β-unsaturated/α-hetero) is 1. The van der Waals surface area contributed by atoms with Gasteiger partial charge in [0.1, 0.15) is 5.75 Å². The maximum absolute atomic E-state index is 11.8. The molecule has 0 aliphatic rings. The summed E-state index contributed by atoms with van der Waals surface area (Å²) in [6, 6.07) is 5.68. The second kappa shape index (κ2) is 6.37. The molecule has 0 fully saturated rings. The van der Waals surface area contributed by atoms with Crippen LogP contribution in [0.4, 0.5) is 0 Å². The van der Waals surface area contributed by atoms with E-state index in [0.717, 1.165) is 29.1 Å². The molecular weight excluding hydrogens is 252 g/mol. The van der Waals surface area contributed by atoms with Gasteiger partial charge in [-0.2, -0.15) is 0 Å². The van der Waals surface area contributed by atoms with Crippen LogP contribution in [0.3, 0.4) is 0 Å². The highest BCUT2D eigenvalue weighted by Crippen LogP contribution is 2.15. The molecule has 0 saturated heterocycles. The number of hydrogen-bond acceptors (Lipinski definition) is 3. The van der Waals surface area contributed by atoms with E-state index in [0.29, 0.717) is 13.0 Å². The number of aryl methyl sites for hydroxylation is 1. The van der Waals surface area contributed by atoms with Crippen LogP contribution in [0.15, 0.2) is 30.6 Å². The average molecular weight is 272 g/mol. The smallest absolute Gasteiger partial charge is 0.164 e. The molecule has 106 valence electrons. The summed E-state index contributed by atoms with van der Waals surface area (Å²) >= 11 is 0. The lowest BCUT2D eigenvalue weighted by Gasteiger charge is -2.07. The van der Waals surface area contributed by atoms with Gasteiger partial charge in [0, 0.05) is 42.2 Å². The number of nitrogens with zero attached hydrogens (tertiary/aromatic N) is 2. The van der Waals surface area contributed by atoms with E-state index in [2.05, 4.69) is 4.98 Å². The van der Waals surface area contributed by atoms with Crippen LogP contribution in [0.5, 0.6) is 5.75 Å². The molecule has 0 saturated carbocycles. The molecule has 0 N–H and O–H groups in total. The van der Waals surface area contributed by atoms with E-state index in [-0.39, 0.29) is 5.78 Å². The molecule has 0 atom stereocenters. The van der Waals surface area contributed by atoms with Crippen molar-refractivity contribution in [2.75, 3.05) is 7.11 Å². The van der Waals surface area contributed by atoms with Crippen LogP contribution in [0.1, 0.15) is 41.5 Å². The van der Waals surface area contributed by atoms with Crippen molar-refractivity contribution in [3.63, 3.8) is 0 Å². The minimum Gasteiger partial charge on any atom is -0.497 e. The molecule has 2 rings (SSSR count). The summed E-state index contributed by atoms with van der Waals surface area (Å²) < 4.78 is 7.22. The lowest BCUT2D eigenvalue weighted by molar-refractivity contribution is 0.0981.